The lowest BCUT2D eigenvalue weighted by Crippen LogP contribution is -1.81. The molecule has 3 heterocycles. The fourth-order valence-electron chi connectivity index (χ4n) is 1.65. The average molecular weight is 204 g/mol. The molecule has 3 nitrogen and oxygen atoms in total. The molecule has 0 atom stereocenters. The molecule has 3 aromatic rings. The Morgan fingerprint density at radius 1 is 1.14 bits per heavy atom. The molecule has 0 aromatic carbocycles. The van der Waals surface area contributed by atoms with Crippen LogP contribution in [0, 0.1) is 0 Å². The van der Waals surface area contributed by atoms with Crippen LogP contribution in [0.2, 0.25) is 0 Å². The minimum atomic E-state index is 0.775. The summed E-state index contributed by atoms with van der Waals surface area (Å²) in [7, 11) is 0. The van der Waals surface area contributed by atoms with Gasteiger partial charge in [0.25, 0.3) is 0 Å². The Morgan fingerprint density at radius 2 is 2.07 bits per heavy atom. The van der Waals surface area contributed by atoms with E-state index in [0.717, 1.165) is 21.9 Å². The molecule has 0 spiro atoms. The van der Waals surface area contributed by atoms with Crippen LogP contribution in [0.3, 0.4) is 0 Å². The van der Waals surface area contributed by atoms with Gasteiger partial charge in [-0.15, -0.1) is 0 Å². The highest BCUT2D eigenvalue weighted by molar-refractivity contribution is 6.25. The molecule has 0 amide bonds. The van der Waals surface area contributed by atoms with Gasteiger partial charge < -0.3 is 0 Å². The van der Waals surface area contributed by atoms with E-state index in [1.807, 2.05) is 18.2 Å². The summed E-state index contributed by atoms with van der Waals surface area (Å²) in [6.45, 7) is 0. The number of aromatic nitrogens is 3. The summed E-state index contributed by atoms with van der Waals surface area (Å²) >= 11 is 6.10. The van der Waals surface area contributed by atoms with Crippen molar-refractivity contribution in [3.05, 3.63) is 36.8 Å². The van der Waals surface area contributed by atoms with Crippen molar-refractivity contribution in [2.75, 3.05) is 0 Å². The van der Waals surface area contributed by atoms with Crippen LogP contribution in [-0.2, 0) is 0 Å². The minimum Gasteiger partial charge on any atom is -0.262 e. The summed E-state index contributed by atoms with van der Waals surface area (Å²) in [4.78, 5) is 8.26. The molecule has 68 valence electrons. The molecular weight excluding hydrogens is 198 g/mol. The fraction of sp³-hybridized carbons (Fsp3) is 0. The van der Waals surface area contributed by atoms with Gasteiger partial charge in [0.1, 0.15) is 0 Å². The highest BCUT2D eigenvalue weighted by Crippen LogP contribution is 2.26. The van der Waals surface area contributed by atoms with Crippen LogP contribution in [0.1, 0.15) is 0 Å². The number of hydrogen-bond donors (Lipinski definition) is 0. The first-order valence-corrected chi connectivity index (χ1v) is 4.57. The number of pyridine rings is 2. The van der Waals surface area contributed by atoms with Gasteiger partial charge in [0, 0.05) is 34.9 Å². The van der Waals surface area contributed by atoms with Crippen molar-refractivity contribution in [1.82, 2.24) is 14.1 Å². The third-order valence-electron chi connectivity index (χ3n) is 2.27. The summed E-state index contributed by atoms with van der Waals surface area (Å²) in [6, 6.07) is 5.85. The van der Waals surface area contributed by atoms with Crippen LogP contribution in [0.15, 0.2) is 36.8 Å². The smallest absolute Gasteiger partial charge is 0.155 e. The molecule has 0 unspecified atom stereocenters. The largest absolute Gasteiger partial charge is 0.262 e. The van der Waals surface area contributed by atoms with Crippen LogP contribution in [0.5, 0.6) is 0 Å². The van der Waals surface area contributed by atoms with Crippen LogP contribution in [0.4, 0.5) is 0 Å². The summed E-state index contributed by atoms with van der Waals surface area (Å²) in [5.74, 6) is 0. The van der Waals surface area contributed by atoms with E-state index in [0.29, 0.717) is 0 Å². The molecule has 0 saturated carbocycles. The van der Waals surface area contributed by atoms with Crippen LogP contribution < -0.4 is 0 Å². The van der Waals surface area contributed by atoms with Crippen molar-refractivity contribution in [3.63, 3.8) is 0 Å². The molecule has 3 aromatic heterocycles. The molecule has 0 aliphatic carbocycles. The lowest BCUT2D eigenvalue weighted by molar-refractivity contribution is 1.26. The molecule has 0 saturated heterocycles. The van der Waals surface area contributed by atoms with E-state index in [2.05, 4.69) is 9.97 Å². The number of fused-ring (bicyclic) bond motifs is 3. The van der Waals surface area contributed by atoms with Crippen LogP contribution >= 0.6 is 11.8 Å². The van der Waals surface area contributed by atoms with E-state index in [4.69, 9.17) is 11.8 Å². The van der Waals surface area contributed by atoms with Gasteiger partial charge >= 0.3 is 0 Å². The van der Waals surface area contributed by atoms with Crippen molar-refractivity contribution in [2.45, 2.75) is 0 Å². The Kier molecular flexibility index (Phi) is 1.49. The van der Waals surface area contributed by atoms with Crippen LogP contribution in [-0.4, -0.2) is 14.1 Å². The van der Waals surface area contributed by atoms with Gasteiger partial charge in [-0.05, 0) is 18.2 Å². The number of halogens is 1. The second kappa shape index (κ2) is 2.69. The molecule has 0 aliphatic heterocycles. The molecule has 14 heavy (non-hydrogen) atoms. The Hall–Kier alpha value is -1.61. The molecule has 0 N–H and O–H groups in total. The molecule has 3 rings (SSSR count). The van der Waals surface area contributed by atoms with Crippen molar-refractivity contribution >= 4 is 33.7 Å². The highest BCUT2D eigenvalue weighted by Gasteiger charge is 2.08. The van der Waals surface area contributed by atoms with Gasteiger partial charge in [-0.2, -0.15) is 0 Å². The lowest BCUT2D eigenvalue weighted by Gasteiger charge is -1.90. The molecular formula is C10H6ClN3. The molecule has 0 aliphatic rings. The maximum absolute atomic E-state index is 6.10. The van der Waals surface area contributed by atoms with E-state index in [9.17, 15) is 0 Å². The van der Waals surface area contributed by atoms with E-state index in [1.54, 1.807) is 18.6 Å². The Balaban J connectivity index is 2.69. The summed E-state index contributed by atoms with van der Waals surface area (Å²) < 4.78 is 1.54. The molecule has 0 radical (unpaired) electrons. The third-order valence-corrected chi connectivity index (χ3v) is 2.62. The van der Waals surface area contributed by atoms with E-state index in [1.165, 1.54) is 4.09 Å². The van der Waals surface area contributed by atoms with Crippen LogP contribution in [0.25, 0.3) is 21.9 Å². The van der Waals surface area contributed by atoms with Gasteiger partial charge in [0.15, 0.2) is 5.65 Å². The maximum Gasteiger partial charge on any atom is 0.155 e. The van der Waals surface area contributed by atoms with Gasteiger partial charge in [0.2, 0.25) is 0 Å². The first kappa shape index (κ1) is 7.76. The number of hydrogen-bond acceptors (Lipinski definition) is 2. The second-order valence-electron chi connectivity index (χ2n) is 3.05. The van der Waals surface area contributed by atoms with E-state index in [-0.39, 0.29) is 0 Å². The minimum absolute atomic E-state index is 0.775. The van der Waals surface area contributed by atoms with Gasteiger partial charge in [-0.3, -0.25) is 4.98 Å². The van der Waals surface area contributed by atoms with Gasteiger partial charge in [-0.1, -0.05) is 0 Å². The predicted octanol–water partition coefficient (Wildman–Crippen LogP) is 2.59. The fourth-order valence-corrected chi connectivity index (χ4v) is 1.92. The first-order valence-electron chi connectivity index (χ1n) is 4.23. The zero-order chi connectivity index (χ0) is 9.54. The van der Waals surface area contributed by atoms with Gasteiger partial charge in [0.05, 0.1) is 11.7 Å². The zero-order valence-electron chi connectivity index (χ0n) is 7.18. The third kappa shape index (κ3) is 0.873. The first-order chi connectivity index (χ1) is 6.88. The van der Waals surface area contributed by atoms with Crippen molar-refractivity contribution in [1.29, 1.82) is 0 Å². The molecule has 0 fully saturated rings. The summed E-state index contributed by atoms with van der Waals surface area (Å²) in [5.41, 5.74) is 1.67. The standard InChI is InChI=1S/C10H6ClN3/c11-14-9-6-12-5-3-7(9)8-2-1-4-13-10(8)14/h1-6H. The Morgan fingerprint density at radius 3 is 3.00 bits per heavy atom. The topological polar surface area (TPSA) is 30.7 Å². The zero-order valence-corrected chi connectivity index (χ0v) is 7.94. The number of rotatable bonds is 0. The SMILES string of the molecule is Cln1c2cnccc2c2cccnc21. The normalized spacial score (nSPS) is 11.2. The summed E-state index contributed by atoms with van der Waals surface area (Å²) in [5, 5.41) is 2.14. The Labute approximate surface area is 85.1 Å². The monoisotopic (exact) mass is 203 g/mol. The number of nitrogens with zero attached hydrogens (tertiary/aromatic N) is 3. The predicted molar refractivity (Wildman–Crippen MR) is 56.3 cm³/mol. The maximum atomic E-state index is 6.10. The van der Waals surface area contributed by atoms with E-state index < -0.39 is 0 Å². The van der Waals surface area contributed by atoms with Crippen molar-refractivity contribution in [2.24, 2.45) is 0 Å². The van der Waals surface area contributed by atoms with Crippen molar-refractivity contribution in [3.8, 4) is 0 Å². The molecule has 0 bridgehead atoms. The quantitative estimate of drug-likeness (QED) is 0.562. The highest BCUT2D eigenvalue weighted by atomic mass is 35.5. The molecule has 4 heteroatoms. The van der Waals surface area contributed by atoms with Gasteiger partial charge in [-0.25, -0.2) is 9.07 Å². The average Bonchev–Trinajstić information content (AvgIpc) is 2.55. The second-order valence-corrected chi connectivity index (χ2v) is 3.39. The van der Waals surface area contributed by atoms with E-state index >= 15 is 0 Å². The summed E-state index contributed by atoms with van der Waals surface area (Å²) in [6.07, 6.45) is 5.23. The Bertz CT molecular complexity index is 562. The van der Waals surface area contributed by atoms with Crippen molar-refractivity contribution < 1.29 is 0 Å². The lowest BCUT2D eigenvalue weighted by atomic mass is 10.2.